The first-order valence-electron chi connectivity index (χ1n) is 8.34. The summed E-state index contributed by atoms with van der Waals surface area (Å²) in [6.45, 7) is 3.90. The number of aromatic nitrogens is 2. The van der Waals surface area contributed by atoms with Gasteiger partial charge in [0.1, 0.15) is 6.07 Å². The Balaban J connectivity index is 2.11. The van der Waals surface area contributed by atoms with Crippen molar-refractivity contribution >= 4 is 11.7 Å². The van der Waals surface area contributed by atoms with Crippen molar-refractivity contribution < 1.29 is 9.53 Å². The van der Waals surface area contributed by atoms with Gasteiger partial charge >= 0.3 is 0 Å². The summed E-state index contributed by atoms with van der Waals surface area (Å²) in [5.74, 6) is 6.20. The van der Waals surface area contributed by atoms with Crippen molar-refractivity contribution in [2.24, 2.45) is 11.8 Å². The maximum atomic E-state index is 12.9. The molecule has 7 nitrogen and oxygen atoms in total. The van der Waals surface area contributed by atoms with Crippen LogP contribution in [0.5, 0.6) is 0 Å². The molecule has 0 aromatic carbocycles. The van der Waals surface area contributed by atoms with Crippen molar-refractivity contribution in [3.8, 4) is 17.9 Å². The SMILES string of the molecule is CC#CCN(C)C(=O)C(CNc1nccnc1C#N)C1CCOCC1. The van der Waals surface area contributed by atoms with Crippen LogP contribution >= 0.6 is 0 Å². The molecule has 1 amide bonds. The van der Waals surface area contributed by atoms with Crippen LogP contribution in [0.15, 0.2) is 12.4 Å². The Labute approximate surface area is 148 Å². The molecule has 1 aromatic heterocycles. The molecule has 1 atom stereocenters. The molecule has 0 saturated carbocycles. The van der Waals surface area contributed by atoms with Crippen LogP contribution < -0.4 is 5.32 Å². The average Bonchev–Trinajstić information content (AvgIpc) is 2.67. The number of carbonyl (C=O) groups excluding carboxylic acids is 1. The second-order valence-electron chi connectivity index (χ2n) is 5.92. The average molecular weight is 341 g/mol. The number of hydrogen-bond donors (Lipinski definition) is 1. The number of nitriles is 1. The van der Waals surface area contributed by atoms with Crippen LogP contribution in [0.2, 0.25) is 0 Å². The maximum Gasteiger partial charge on any atom is 0.228 e. The largest absolute Gasteiger partial charge is 0.381 e. The molecule has 0 aliphatic carbocycles. The van der Waals surface area contributed by atoms with Gasteiger partial charge in [-0.15, -0.1) is 5.92 Å². The van der Waals surface area contributed by atoms with E-state index in [1.165, 1.54) is 12.4 Å². The van der Waals surface area contributed by atoms with Gasteiger partial charge in [0.25, 0.3) is 0 Å². The summed E-state index contributed by atoms with van der Waals surface area (Å²) < 4.78 is 5.42. The third-order valence-corrected chi connectivity index (χ3v) is 4.31. The molecular weight excluding hydrogens is 318 g/mol. The van der Waals surface area contributed by atoms with Gasteiger partial charge < -0.3 is 15.0 Å². The summed E-state index contributed by atoms with van der Waals surface area (Å²) in [6, 6.07) is 2.01. The van der Waals surface area contributed by atoms with E-state index in [0.29, 0.717) is 32.1 Å². The van der Waals surface area contributed by atoms with Gasteiger partial charge in [0.2, 0.25) is 5.91 Å². The normalized spacial score (nSPS) is 15.4. The number of nitrogens with one attached hydrogen (secondary N) is 1. The van der Waals surface area contributed by atoms with E-state index in [-0.39, 0.29) is 23.4 Å². The van der Waals surface area contributed by atoms with Gasteiger partial charge in [-0.3, -0.25) is 4.79 Å². The van der Waals surface area contributed by atoms with Gasteiger partial charge in [-0.25, -0.2) is 9.97 Å². The van der Waals surface area contributed by atoms with Gasteiger partial charge in [-0.2, -0.15) is 5.26 Å². The van der Waals surface area contributed by atoms with E-state index in [1.54, 1.807) is 18.9 Å². The molecule has 2 rings (SSSR count). The van der Waals surface area contributed by atoms with E-state index in [9.17, 15) is 4.79 Å². The topological polar surface area (TPSA) is 91.1 Å². The maximum absolute atomic E-state index is 12.9. The third-order valence-electron chi connectivity index (χ3n) is 4.31. The predicted molar refractivity (Wildman–Crippen MR) is 93.4 cm³/mol. The molecular formula is C18H23N5O2. The van der Waals surface area contributed by atoms with Crippen LogP contribution in [0.3, 0.4) is 0 Å². The fraction of sp³-hybridized carbons (Fsp3) is 0.556. The molecule has 1 saturated heterocycles. The highest BCUT2D eigenvalue weighted by Crippen LogP contribution is 2.26. The van der Waals surface area contributed by atoms with E-state index in [0.717, 1.165) is 12.8 Å². The number of nitrogens with zero attached hydrogens (tertiary/aromatic N) is 4. The first-order chi connectivity index (χ1) is 12.2. The molecule has 0 bridgehead atoms. The third kappa shape index (κ3) is 5.17. The molecule has 1 aromatic rings. The van der Waals surface area contributed by atoms with Gasteiger partial charge in [-0.1, -0.05) is 5.92 Å². The molecule has 1 unspecified atom stereocenters. The summed E-state index contributed by atoms with van der Waals surface area (Å²) in [5.41, 5.74) is 0.228. The molecule has 2 heterocycles. The fourth-order valence-corrected chi connectivity index (χ4v) is 2.89. The number of amides is 1. The Hall–Kier alpha value is -2.64. The molecule has 132 valence electrons. The zero-order valence-corrected chi connectivity index (χ0v) is 14.7. The van der Waals surface area contributed by atoms with Crippen molar-refractivity contribution in [1.29, 1.82) is 5.26 Å². The molecule has 1 aliphatic heterocycles. The highest BCUT2D eigenvalue weighted by molar-refractivity contribution is 5.80. The number of rotatable bonds is 6. The van der Waals surface area contributed by atoms with Crippen molar-refractivity contribution in [1.82, 2.24) is 14.9 Å². The van der Waals surface area contributed by atoms with Gasteiger partial charge in [0.15, 0.2) is 11.5 Å². The van der Waals surface area contributed by atoms with E-state index in [2.05, 4.69) is 27.1 Å². The number of ether oxygens (including phenoxy) is 1. The molecule has 0 radical (unpaired) electrons. The van der Waals surface area contributed by atoms with Crippen LogP contribution in [-0.2, 0) is 9.53 Å². The Morgan fingerprint density at radius 3 is 2.84 bits per heavy atom. The van der Waals surface area contributed by atoms with Crippen molar-refractivity contribution in [2.45, 2.75) is 19.8 Å². The quantitative estimate of drug-likeness (QED) is 0.784. The number of anilines is 1. The summed E-state index contributed by atoms with van der Waals surface area (Å²) in [6.07, 6.45) is 4.69. The lowest BCUT2D eigenvalue weighted by molar-refractivity contribution is -0.136. The molecule has 1 N–H and O–H groups in total. The Morgan fingerprint density at radius 2 is 2.16 bits per heavy atom. The predicted octanol–water partition coefficient (Wildman–Crippen LogP) is 1.28. The lowest BCUT2D eigenvalue weighted by atomic mass is 9.85. The lowest BCUT2D eigenvalue weighted by Gasteiger charge is -2.32. The van der Waals surface area contributed by atoms with Gasteiger partial charge in [0, 0.05) is 39.2 Å². The monoisotopic (exact) mass is 341 g/mol. The molecule has 0 spiro atoms. The lowest BCUT2D eigenvalue weighted by Crippen LogP contribution is -2.42. The zero-order chi connectivity index (χ0) is 18.1. The van der Waals surface area contributed by atoms with Crippen LogP contribution in [0.25, 0.3) is 0 Å². The first-order valence-corrected chi connectivity index (χ1v) is 8.34. The van der Waals surface area contributed by atoms with E-state index in [4.69, 9.17) is 10.00 Å². The molecule has 7 heteroatoms. The Morgan fingerprint density at radius 1 is 1.44 bits per heavy atom. The Kier molecular flexibility index (Phi) is 7.18. The first kappa shape index (κ1) is 18.7. The van der Waals surface area contributed by atoms with Crippen LogP contribution in [0.1, 0.15) is 25.5 Å². The highest BCUT2D eigenvalue weighted by atomic mass is 16.5. The highest BCUT2D eigenvalue weighted by Gasteiger charge is 2.31. The second kappa shape index (κ2) is 9.61. The fourth-order valence-electron chi connectivity index (χ4n) is 2.89. The second-order valence-corrected chi connectivity index (χ2v) is 5.92. The van der Waals surface area contributed by atoms with E-state index >= 15 is 0 Å². The Bertz CT molecular complexity index is 683. The van der Waals surface area contributed by atoms with Crippen molar-refractivity contribution in [3.63, 3.8) is 0 Å². The van der Waals surface area contributed by atoms with Gasteiger partial charge in [-0.05, 0) is 25.7 Å². The van der Waals surface area contributed by atoms with Crippen LogP contribution in [0.4, 0.5) is 5.82 Å². The molecule has 1 aliphatic rings. The van der Waals surface area contributed by atoms with Crippen LogP contribution in [0, 0.1) is 35.0 Å². The number of hydrogen-bond acceptors (Lipinski definition) is 6. The summed E-state index contributed by atoms with van der Waals surface area (Å²) >= 11 is 0. The minimum absolute atomic E-state index is 0.0459. The van der Waals surface area contributed by atoms with Crippen molar-refractivity contribution in [3.05, 3.63) is 18.1 Å². The molecule has 25 heavy (non-hydrogen) atoms. The summed E-state index contributed by atoms with van der Waals surface area (Å²) in [7, 11) is 1.77. The standard InChI is InChI=1S/C18H23N5O2/c1-3-4-9-23(2)18(24)15(14-5-10-25-11-6-14)13-22-17-16(12-19)20-7-8-21-17/h7-8,14-15H,5-6,9-11,13H2,1-2H3,(H,21,22). The summed E-state index contributed by atoms with van der Waals surface area (Å²) in [5, 5.41) is 12.3. The number of carbonyl (C=O) groups is 1. The minimum Gasteiger partial charge on any atom is -0.381 e. The van der Waals surface area contributed by atoms with E-state index in [1.807, 2.05) is 6.07 Å². The summed E-state index contributed by atoms with van der Waals surface area (Å²) in [4.78, 5) is 22.7. The van der Waals surface area contributed by atoms with Crippen molar-refractivity contribution in [2.75, 3.05) is 38.7 Å². The minimum atomic E-state index is -0.221. The molecule has 1 fully saturated rings. The van der Waals surface area contributed by atoms with E-state index < -0.39 is 0 Å². The van der Waals surface area contributed by atoms with Crippen LogP contribution in [-0.4, -0.2) is 54.1 Å². The van der Waals surface area contributed by atoms with Gasteiger partial charge in [0.05, 0.1) is 12.5 Å². The zero-order valence-electron chi connectivity index (χ0n) is 14.7. The smallest absolute Gasteiger partial charge is 0.228 e.